The number of amides is 1. The number of para-hydroxylation sites is 1. The van der Waals surface area contributed by atoms with Crippen molar-refractivity contribution in [3.63, 3.8) is 0 Å². The molecule has 1 aliphatic rings. The molecule has 8 nitrogen and oxygen atoms in total. The number of rotatable bonds is 9. The van der Waals surface area contributed by atoms with Gasteiger partial charge in [0.15, 0.2) is 16.3 Å². The predicted octanol–water partition coefficient (Wildman–Crippen LogP) is 6.23. The first kappa shape index (κ1) is 31.1. The van der Waals surface area contributed by atoms with E-state index in [2.05, 4.69) is 21.2 Å². The Hall–Kier alpha value is -4.93. The molecular formula is C36H30BrN3O5S. The van der Waals surface area contributed by atoms with E-state index in [1.165, 1.54) is 11.3 Å². The molecule has 0 bridgehead atoms. The van der Waals surface area contributed by atoms with E-state index >= 15 is 0 Å². The first-order valence-corrected chi connectivity index (χ1v) is 16.0. The van der Waals surface area contributed by atoms with Gasteiger partial charge in [-0.2, -0.15) is 0 Å². The van der Waals surface area contributed by atoms with E-state index in [0.29, 0.717) is 50.1 Å². The molecule has 0 fully saturated rings. The monoisotopic (exact) mass is 695 g/mol. The second-order valence-corrected chi connectivity index (χ2v) is 12.4. The number of hydrogen-bond acceptors (Lipinski definition) is 7. The summed E-state index contributed by atoms with van der Waals surface area (Å²) in [6.45, 7) is 2.18. The summed E-state index contributed by atoms with van der Waals surface area (Å²) in [5.74, 6) is 1.48. The molecule has 232 valence electrons. The van der Waals surface area contributed by atoms with Gasteiger partial charge in [-0.1, -0.05) is 75.8 Å². The number of benzene rings is 4. The lowest BCUT2D eigenvalue weighted by Crippen LogP contribution is -2.40. The van der Waals surface area contributed by atoms with Crippen LogP contribution in [0.4, 0.5) is 5.69 Å². The zero-order valence-electron chi connectivity index (χ0n) is 25.3. The summed E-state index contributed by atoms with van der Waals surface area (Å²) in [5, 5.41) is 2.97. The molecule has 0 spiro atoms. The molecule has 0 aliphatic carbocycles. The van der Waals surface area contributed by atoms with Crippen LogP contribution in [0.1, 0.15) is 29.7 Å². The molecule has 10 heteroatoms. The van der Waals surface area contributed by atoms with Gasteiger partial charge in [0.25, 0.3) is 11.5 Å². The summed E-state index contributed by atoms with van der Waals surface area (Å²) in [6.07, 6.45) is 1.80. The van der Waals surface area contributed by atoms with Crippen LogP contribution in [0.15, 0.2) is 123 Å². The predicted molar refractivity (Wildman–Crippen MR) is 183 cm³/mol. The van der Waals surface area contributed by atoms with Crippen molar-refractivity contribution in [3.05, 3.63) is 149 Å². The fraction of sp³-hybridized carbons (Fsp3) is 0.139. The van der Waals surface area contributed by atoms with Crippen molar-refractivity contribution in [1.29, 1.82) is 0 Å². The quantitative estimate of drug-likeness (QED) is 0.197. The first-order chi connectivity index (χ1) is 22.3. The van der Waals surface area contributed by atoms with E-state index in [4.69, 9.17) is 19.2 Å². The lowest BCUT2D eigenvalue weighted by Gasteiger charge is -2.25. The van der Waals surface area contributed by atoms with E-state index in [9.17, 15) is 9.59 Å². The number of carbonyl (C=O) groups is 1. The van der Waals surface area contributed by atoms with Crippen LogP contribution in [0.3, 0.4) is 0 Å². The molecule has 1 amide bonds. The Labute approximate surface area is 278 Å². The lowest BCUT2D eigenvalue weighted by atomic mass is 9.95. The number of thiazole rings is 1. The van der Waals surface area contributed by atoms with Crippen molar-refractivity contribution < 1.29 is 19.0 Å². The van der Waals surface area contributed by atoms with Gasteiger partial charge >= 0.3 is 0 Å². The van der Waals surface area contributed by atoms with Gasteiger partial charge in [-0.3, -0.25) is 14.2 Å². The standard InChI is InChI=1S/C36H30BrN3O5S/c1-22-32(34(41)39-27-7-5-4-6-8-27)33(25-12-16-28(43-2)17-13-25)40-35(42)31(46-36(40)38-22)20-24-11-18-29(30(19-24)44-3)45-21-23-9-14-26(37)15-10-23/h4-20,33H,21H2,1-3H3,(H,39,41)/b31-20+/t33-/m0/s1. The maximum atomic E-state index is 14.1. The number of ether oxygens (including phenoxy) is 3. The molecule has 1 atom stereocenters. The third-order valence-electron chi connectivity index (χ3n) is 7.52. The van der Waals surface area contributed by atoms with Crippen molar-refractivity contribution >= 4 is 44.9 Å². The van der Waals surface area contributed by atoms with Crippen LogP contribution in [-0.2, 0) is 11.4 Å². The van der Waals surface area contributed by atoms with Gasteiger partial charge in [-0.05, 0) is 78.2 Å². The third-order valence-corrected chi connectivity index (χ3v) is 9.03. The Bertz CT molecular complexity index is 2100. The van der Waals surface area contributed by atoms with Gasteiger partial charge in [0, 0.05) is 10.2 Å². The van der Waals surface area contributed by atoms with Gasteiger partial charge in [-0.15, -0.1) is 0 Å². The molecule has 1 N–H and O–H groups in total. The van der Waals surface area contributed by atoms with Gasteiger partial charge < -0.3 is 19.5 Å². The van der Waals surface area contributed by atoms with Crippen LogP contribution in [0.25, 0.3) is 6.08 Å². The molecule has 0 saturated heterocycles. The van der Waals surface area contributed by atoms with Gasteiger partial charge in [0.1, 0.15) is 12.4 Å². The smallest absolute Gasteiger partial charge is 0.271 e. The molecule has 0 saturated carbocycles. The van der Waals surface area contributed by atoms with Crippen molar-refractivity contribution in [1.82, 2.24) is 4.57 Å². The Morgan fingerprint density at radius 2 is 1.70 bits per heavy atom. The van der Waals surface area contributed by atoms with Crippen LogP contribution < -0.4 is 34.4 Å². The summed E-state index contributed by atoms with van der Waals surface area (Å²) >= 11 is 4.72. The Kier molecular flexibility index (Phi) is 9.18. The molecule has 6 rings (SSSR count). The van der Waals surface area contributed by atoms with Crippen LogP contribution in [0.2, 0.25) is 0 Å². The molecule has 1 aromatic heterocycles. The molecule has 5 aromatic rings. The second-order valence-electron chi connectivity index (χ2n) is 10.5. The number of halogens is 1. The van der Waals surface area contributed by atoms with Crippen LogP contribution in [0, 0.1) is 0 Å². The average molecular weight is 697 g/mol. The summed E-state index contributed by atoms with van der Waals surface area (Å²) in [5.41, 5.74) is 3.87. The molecule has 46 heavy (non-hydrogen) atoms. The Morgan fingerprint density at radius 1 is 0.957 bits per heavy atom. The molecule has 0 unspecified atom stereocenters. The minimum Gasteiger partial charge on any atom is -0.497 e. The van der Waals surface area contributed by atoms with Gasteiger partial charge in [-0.25, -0.2) is 4.99 Å². The number of methoxy groups -OCH3 is 2. The van der Waals surface area contributed by atoms with E-state index in [1.807, 2.05) is 97.1 Å². The Morgan fingerprint density at radius 3 is 2.39 bits per heavy atom. The molecular weight excluding hydrogens is 666 g/mol. The van der Waals surface area contributed by atoms with Crippen molar-refractivity contribution in [2.24, 2.45) is 4.99 Å². The van der Waals surface area contributed by atoms with Gasteiger partial charge in [0.2, 0.25) is 0 Å². The van der Waals surface area contributed by atoms with E-state index < -0.39 is 6.04 Å². The SMILES string of the molecule is COc1ccc([C@H]2C(C(=O)Nc3ccccc3)=C(C)N=c3s/c(=C/c4ccc(OCc5ccc(Br)cc5)c(OC)c4)c(=O)n32)cc1. The number of allylic oxidation sites excluding steroid dienone is 1. The number of nitrogens with one attached hydrogen (secondary N) is 1. The number of nitrogens with zero attached hydrogens (tertiary/aromatic N) is 2. The lowest BCUT2D eigenvalue weighted by molar-refractivity contribution is -0.113. The second kappa shape index (κ2) is 13.6. The maximum absolute atomic E-state index is 14.1. The molecule has 0 radical (unpaired) electrons. The fourth-order valence-electron chi connectivity index (χ4n) is 5.22. The number of carbonyl (C=O) groups excluding carboxylic acids is 1. The summed E-state index contributed by atoms with van der Waals surface area (Å²) in [7, 11) is 3.18. The fourth-order valence-corrected chi connectivity index (χ4v) is 6.53. The average Bonchev–Trinajstić information content (AvgIpc) is 3.38. The highest BCUT2D eigenvalue weighted by Gasteiger charge is 2.32. The Balaban J connectivity index is 1.38. The minimum atomic E-state index is -0.697. The van der Waals surface area contributed by atoms with E-state index in [0.717, 1.165) is 21.2 Å². The number of hydrogen-bond donors (Lipinski definition) is 1. The van der Waals surface area contributed by atoms with E-state index in [-0.39, 0.29) is 11.5 Å². The largest absolute Gasteiger partial charge is 0.497 e. The summed E-state index contributed by atoms with van der Waals surface area (Å²) in [6, 6.07) is 29.3. The number of fused-ring (bicyclic) bond motifs is 1. The number of aromatic nitrogens is 1. The highest BCUT2D eigenvalue weighted by Crippen LogP contribution is 2.32. The van der Waals surface area contributed by atoms with Crippen LogP contribution in [-0.4, -0.2) is 24.7 Å². The van der Waals surface area contributed by atoms with Crippen molar-refractivity contribution in [2.45, 2.75) is 19.6 Å². The van der Waals surface area contributed by atoms with E-state index in [1.54, 1.807) is 31.8 Å². The topological polar surface area (TPSA) is 91.2 Å². The summed E-state index contributed by atoms with van der Waals surface area (Å²) in [4.78, 5) is 33.1. The number of anilines is 1. The van der Waals surface area contributed by atoms with Crippen LogP contribution in [0.5, 0.6) is 17.2 Å². The highest BCUT2D eigenvalue weighted by molar-refractivity contribution is 9.10. The summed E-state index contributed by atoms with van der Waals surface area (Å²) < 4.78 is 20.1. The zero-order valence-corrected chi connectivity index (χ0v) is 27.7. The normalized spacial score (nSPS) is 14.3. The third kappa shape index (κ3) is 6.54. The molecule has 2 heterocycles. The van der Waals surface area contributed by atoms with Gasteiger partial charge in [0.05, 0.1) is 36.1 Å². The maximum Gasteiger partial charge on any atom is 0.271 e. The molecule has 4 aromatic carbocycles. The van der Waals surface area contributed by atoms with Crippen molar-refractivity contribution in [3.8, 4) is 17.2 Å². The first-order valence-electron chi connectivity index (χ1n) is 14.4. The highest BCUT2D eigenvalue weighted by atomic mass is 79.9. The molecule has 1 aliphatic heterocycles. The minimum absolute atomic E-state index is 0.253. The van der Waals surface area contributed by atoms with Crippen molar-refractivity contribution in [2.75, 3.05) is 19.5 Å². The van der Waals surface area contributed by atoms with Crippen LogP contribution >= 0.6 is 27.3 Å². The zero-order chi connectivity index (χ0) is 32.2.